The number of nitrogens with one attached hydrogen (secondary N) is 1. The summed E-state index contributed by atoms with van der Waals surface area (Å²) in [5.74, 6) is -2.68. The molecule has 0 aromatic heterocycles. The Hall–Kier alpha value is -2.05. The maximum absolute atomic E-state index is 13.0. The number of carboxylic acids is 1. The van der Waals surface area contributed by atoms with E-state index in [1.807, 2.05) is 13.8 Å². The maximum atomic E-state index is 13.0. The third-order valence-corrected chi connectivity index (χ3v) is 4.11. The Morgan fingerprint density at radius 2 is 1.92 bits per heavy atom. The van der Waals surface area contributed by atoms with Crippen LogP contribution in [-0.2, 0) is 15.8 Å². The van der Waals surface area contributed by atoms with Gasteiger partial charge < -0.3 is 10.4 Å². The second-order valence-electron chi connectivity index (χ2n) is 6.56. The molecule has 4 nitrogen and oxygen atoms in total. The molecule has 3 unspecified atom stereocenters. The van der Waals surface area contributed by atoms with Gasteiger partial charge in [-0.2, -0.15) is 13.2 Å². The van der Waals surface area contributed by atoms with E-state index in [0.29, 0.717) is 6.42 Å². The number of hydrogen-bond donors (Lipinski definition) is 2. The highest BCUT2D eigenvalue weighted by Gasteiger charge is 2.48. The van der Waals surface area contributed by atoms with E-state index in [1.54, 1.807) is 0 Å². The summed E-state index contributed by atoms with van der Waals surface area (Å²) in [7, 11) is 0. The molecule has 0 radical (unpaired) electrons. The van der Waals surface area contributed by atoms with Crippen LogP contribution in [0, 0.1) is 11.8 Å². The predicted octanol–water partition coefficient (Wildman–Crippen LogP) is 3.42. The van der Waals surface area contributed by atoms with E-state index in [0.717, 1.165) is 6.07 Å². The van der Waals surface area contributed by atoms with Crippen molar-refractivity contribution in [1.82, 2.24) is 5.32 Å². The lowest BCUT2D eigenvalue weighted by molar-refractivity contribution is -0.142. The minimum atomic E-state index is -4.47. The summed E-state index contributed by atoms with van der Waals surface area (Å²) in [6, 6.07) is 4.19. The highest BCUT2D eigenvalue weighted by molar-refractivity contribution is 5.87. The van der Waals surface area contributed by atoms with E-state index in [1.165, 1.54) is 18.2 Å². The van der Waals surface area contributed by atoms with Gasteiger partial charge in [0.15, 0.2) is 0 Å². The van der Waals surface area contributed by atoms with Crippen LogP contribution in [0.3, 0.4) is 0 Å². The second-order valence-corrected chi connectivity index (χ2v) is 6.56. The topological polar surface area (TPSA) is 66.4 Å². The quantitative estimate of drug-likeness (QED) is 0.832. The van der Waals surface area contributed by atoms with Crippen molar-refractivity contribution in [2.45, 2.75) is 44.8 Å². The largest absolute Gasteiger partial charge is 0.480 e. The zero-order valence-electron chi connectivity index (χ0n) is 13.4. The van der Waals surface area contributed by atoms with Crippen molar-refractivity contribution in [2.75, 3.05) is 0 Å². The lowest BCUT2D eigenvalue weighted by atomic mass is 10.0. The van der Waals surface area contributed by atoms with E-state index in [2.05, 4.69) is 5.32 Å². The molecule has 1 saturated carbocycles. The minimum absolute atomic E-state index is 0.0763. The van der Waals surface area contributed by atoms with Gasteiger partial charge >= 0.3 is 12.1 Å². The van der Waals surface area contributed by atoms with Gasteiger partial charge in [-0.3, -0.25) is 4.79 Å². The molecule has 1 amide bonds. The first-order valence-corrected chi connectivity index (χ1v) is 7.80. The van der Waals surface area contributed by atoms with Gasteiger partial charge in [-0.05, 0) is 36.3 Å². The first-order valence-electron chi connectivity index (χ1n) is 7.80. The summed E-state index contributed by atoms with van der Waals surface area (Å²) in [6.45, 7) is 3.67. The molecule has 1 aliphatic rings. The third-order valence-electron chi connectivity index (χ3n) is 4.11. The first-order chi connectivity index (χ1) is 11.1. The molecule has 24 heavy (non-hydrogen) atoms. The molecule has 2 N–H and O–H groups in total. The Morgan fingerprint density at radius 1 is 1.29 bits per heavy atom. The number of halogens is 3. The van der Waals surface area contributed by atoms with Gasteiger partial charge in [0, 0.05) is 5.92 Å². The van der Waals surface area contributed by atoms with Crippen LogP contribution in [0.1, 0.15) is 43.7 Å². The molecular weight excluding hydrogens is 323 g/mol. The van der Waals surface area contributed by atoms with E-state index in [9.17, 15) is 22.8 Å². The molecule has 0 saturated heterocycles. The van der Waals surface area contributed by atoms with Gasteiger partial charge in [0.2, 0.25) is 5.91 Å². The molecule has 1 fully saturated rings. The summed E-state index contributed by atoms with van der Waals surface area (Å²) in [5, 5.41) is 11.6. The summed E-state index contributed by atoms with van der Waals surface area (Å²) in [5.41, 5.74) is -0.636. The lowest BCUT2D eigenvalue weighted by Gasteiger charge is -2.17. The van der Waals surface area contributed by atoms with Gasteiger partial charge in [-0.1, -0.05) is 32.0 Å². The molecule has 3 atom stereocenters. The molecule has 0 aliphatic heterocycles. The van der Waals surface area contributed by atoms with E-state index < -0.39 is 41.5 Å². The molecule has 0 bridgehead atoms. The molecule has 1 aromatic carbocycles. The Bertz CT molecular complexity index is 628. The number of hydrogen-bond acceptors (Lipinski definition) is 2. The number of rotatable bonds is 6. The Balaban J connectivity index is 2.08. The van der Waals surface area contributed by atoms with Crippen molar-refractivity contribution in [3.63, 3.8) is 0 Å². The maximum Gasteiger partial charge on any atom is 0.416 e. The molecule has 1 aliphatic carbocycles. The van der Waals surface area contributed by atoms with E-state index >= 15 is 0 Å². The van der Waals surface area contributed by atoms with Crippen molar-refractivity contribution in [2.24, 2.45) is 11.8 Å². The Kier molecular flexibility index (Phi) is 5.20. The van der Waals surface area contributed by atoms with Gasteiger partial charge in [0.05, 0.1) is 5.56 Å². The summed E-state index contributed by atoms with van der Waals surface area (Å²) in [4.78, 5) is 23.4. The highest BCUT2D eigenvalue weighted by atomic mass is 19.4. The highest BCUT2D eigenvalue weighted by Crippen LogP contribution is 2.51. The molecule has 2 rings (SSSR count). The number of carbonyl (C=O) groups is 2. The fraction of sp³-hybridized carbons (Fsp3) is 0.529. The normalized spacial score (nSPS) is 21.4. The monoisotopic (exact) mass is 343 g/mol. The standard InChI is InChI=1S/C17H20F3NO3/c1-9(2)7-14(16(23)24)21-15(22)12-8-11(12)10-5-3-4-6-13(10)17(18,19)20/h3-6,9,11-12,14H,7-8H2,1-2H3,(H,21,22)(H,23,24). The van der Waals surface area contributed by atoms with Crippen LogP contribution in [-0.4, -0.2) is 23.0 Å². The molecule has 132 valence electrons. The van der Waals surface area contributed by atoms with Crippen LogP contribution >= 0.6 is 0 Å². The van der Waals surface area contributed by atoms with Crippen LogP contribution in [0.25, 0.3) is 0 Å². The average molecular weight is 343 g/mol. The zero-order chi connectivity index (χ0) is 18.1. The van der Waals surface area contributed by atoms with Crippen molar-refractivity contribution in [1.29, 1.82) is 0 Å². The number of amides is 1. The second kappa shape index (κ2) is 6.83. The van der Waals surface area contributed by atoms with Crippen LogP contribution in [0.4, 0.5) is 13.2 Å². The zero-order valence-corrected chi connectivity index (χ0v) is 13.4. The summed E-state index contributed by atoms with van der Waals surface area (Å²) >= 11 is 0. The van der Waals surface area contributed by atoms with Gasteiger partial charge in [0.1, 0.15) is 6.04 Å². The Labute approximate surface area is 138 Å². The van der Waals surface area contributed by atoms with E-state index in [4.69, 9.17) is 5.11 Å². The molecule has 0 spiro atoms. The van der Waals surface area contributed by atoms with Gasteiger partial charge in [-0.25, -0.2) is 4.79 Å². The number of benzene rings is 1. The van der Waals surface area contributed by atoms with Crippen molar-refractivity contribution >= 4 is 11.9 Å². The smallest absolute Gasteiger partial charge is 0.416 e. The minimum Gasteiger partial charge on any atom is -0.480 e. The number of carbonyl (C=O) groups excluding carboxylic acids is 1. The van der Waals surface area contributed by atoms with Crippen molar-refractivity contribution in [3.8, 4) is 0 Å². The predicted molar refractivity (Wildman–Crippen MR) is 81.3 cm³/mol. The molecular formula is C17H20F3NO3. The van der Waals surface area contributed by atoms with Crippen LogP contribution in [0.15, 0.2) is 24.3 Å². The van der Waals surface area contributed by atoms with E-state index in [-0.39, 0.29) is 17.9 Å². The fourth-order valence-corrected chi connectivity index (χ4v) is 2.88. The number of carboxylic acid groups (broad SMARTS) is 1. The molecule has 0 heterocycles. The summed E-state index contributed by atoms with van der Waals surface area (Å²) in [6.07, 6.45) is -3.90. The number of aliphatic carboxylic acids is 1. The third kappa shape index (κ3) is 4.27. The molecule has 1 aromatic rings. The average Bonchev–Trinajstić information content (AvgIpc) is 3.25. The van der Waals surface area contributed by atoms with Gasteiger partial charge in [-0.15, -0.1) is 0 Å². The van der Waals surface area contributed by atoms with Crippen LogP contribution in [0.5, 0.6) is 0 Å². The Morgan fingerprint density at radius 3 is 2.46 bits per heavy atom. The first kappa shape index (κ1) is 18.3. The lowest BCUT2D eigenvalue weighted by Crippen LogP contribution is -2.42. The number of alkyl halides is 3. The SMILES string of the molecule is CC(C)CC(NC(=O)C1CC1c1ccccc1C(F)(F)F)C(=O)O. The van der Waals surface area contributed by atoms with Gasteiger partial charge in [0.25, 0.3) is 0 Å². The molecule has 7 heteroatoms. The summed E-state index contributed by atoms with van der Waals surface area (Å²) < 4.78 is 39.1. The van der Waals surface area contributed by atoms with Crippen LogP contribution in [0.2, 0.25) is 0 Å². The van der Waals surface area contributed by atoms with Crippen LogP contribution < -0.4 is 5.32 Å². The van der Waals surface area contributed by atoms with Crippen molar-refractivity contribution in [3.05, 3.63) is 35.4 Å². The van der Waals surface area contributed by atoms with Crippen molar-refractivity contribution < 1.29 is 27.9 Å². The fourth-order valence-electron chi connectivity index (χ4n) is 2.88.